The minimum Gasteiger partial charge on any atom is -0.394 e. The molecule has 10 nitrogen and oxygen atoms in total. The maximum Gasteiger partial charge on any atom is 0.245 e. The number of aryl methyl sites for hydroxylation is 1. The Morgan fingerprint density at radius 2 is 1.76 bits per heavy atom. The molecule has 3 rings (SSSR count). The molecule has 0 saturated carbocycles. The van der Waals surface area contributed by atoms with Gasteiger partial charge in [0.2, 0.25) is 11.8 Å². The highest BCUT2D eigenvalue weighted by Gasteiger charge is 2.43. The van der Waals surface area contributed by atoms with Gasteiger partial charge in [-0.3, -0.25) is 9.59 Å². The minimum absolute atomic E-state index is 0.124. The molecule has 0 spiro atoms. The van der Waals surface area contributed by atoms with Crippen LogP contribution in [0.3, 0.4) is 0 Å². The van der Waals surface area contributed by atoms with E-state index in [9.17, 15) is 30.0 Å². The summed E-state index contributed by atoms with van der Waals surface area (Å²) in [5.41, 5.74) is 9.18. The standard InChI is InChI=1S/C39H61N3O7/c1-11-22(2)31-24(4)32(45)29(34-33(46)30(44)19-28(20-43)49-34)18-27(31)17-26-13-12-25(16-23(26)3)14-15-37(5,6)35(47)42-39(9,10)36(48)41-21-38(7,8)40/h12-16,18,22,24,28,30,32-34,43-46H,11,17,19-21,40H2,1-10H3,(H,41,48)(H,42,47). The van der Waals surface area contributed by atoms with Gasteiger partial charge >= 0.3 is 0 Å². The molecular formula is C39H61N3O7. The Hall–Kier alpha value is -2.86. The molecule has 0 aromatic heterocycles. The lowest BCUT2D eigenvalue weighted by molar-refractivity contribution is -0.168. The average molecular weight is 684 g/mol. The fraction of sp³-hybridized carbons (Fsp3) is 0.641. The number of aliphatic hydroxyl groups is 4. The van der Waals surface area contributed by atoms with Crippen LogP contribution in [0.25, 0.3) is 6.08 Å². The second kappa shape index (κ2) is 16.0. The third-order valence-electron chi connectivity index (χ3n) is 9.96. The highest BCUT2D eigenvalue weighted by molar-refractivity contribution is 5.93. The zero-order chi connectivity index (χ0) is 37.1. The number of benzene rings is 1. The van der Waals surface area contributed by atoms with Crippen molar-refractivity contribution in [1.29, 1.82) is 0 Å². The van der Waals surface area contributed by atoms with E-state index in [2.05, 4.69) is 36.6 Å². The summed E-state index contributed by atoms with van der Waals surface area (Å²) in [6.07, 6.45) is 2.54. The largest absolute Gasteiger partial charge is 0.394 e. The van der Waals surface area contributed by atoms with E-state index < -0.39 is 47.0 Å². The molecule has 274 valence electrons. The van der Waals surface area contributed by atoms with Crippen LogP contribution in [-0.2, 0) is 20.7 Å². The SMILES string of the molecule is CCC(C)C1=C(Cc2ccc(C=CC(C)(C)C(=O)NC(C)(C)C(=O)NCC(C)(C)N)cc2C)C=C(C2OC(CO)CC(O)C2O)C(O)C1C. The lowest BCUT2D eigenvalue weighted by Gasteiger charge is -2.42. The monoisotopic (exact) mass is 683 g/mol. The van der Waals surface area contributed by atoms with Crippen LogP contribution in [0.1, 0.15) is 91.8 Å². The Bertz CT molecular complexity index is 1440. The molecular weight excluding hydrogens is 622 g/mol. The Balaban J connectivity index is 1.85. The number of allylic oxidation sites excluding steroid dienone is 2. The lowest BCUT2D eigenvalue weighted by atomic mass is 9.72. The molecule has 1 saturated heterocycles. The first-order chi connectivity index (χ1) is 22.6. The molecule has 1 aliphatic carbocycles. The molecule has 49 heavy (non-hydrogen) atoms. The number of nitrogens with one attached hydrogen (secondary N) is 2. The molecule has 1 aliphatic heterocycles. The van der Waals surface area contributed by atoms with E-state index in [1.54, 1.807) is 27.7 Å². The van der Waals surface area contributed by atoms with Gasteiger partial charge in [0.15, 0.2) is 0 Å². The third kappa shape index (κ3) is 10.1. The molecule has 1 aromatic carbocycles. The number of amides is 2. The predicted octanol–water partition coefficient (Wildman–Crippen LogP) is 3.48. The molecule has 8 N–H and O–H groups in total. The molecule has 1 aromatic rings. The number of carbonyl (C=O) groups excluding carboxylic acids is 2. The van der Waals surface area contributed by atoms with E-state index in [1.165, 1.54) is 0 Å². The van der Waals surface area contributed by atoms with E-state index >= 15 is 0 Å². The molecule has 1 heterocycles. The maximum atomic E-state index is 13.3. The van der Waals surface area contributed by atoms with Gasteiger partial charge in [-0.15, -0.1) is 0 Å². The van der Waals surface area contributed by atoms with Gasteiger partial charge in [0, 0.05) is 24.4 Å². The van der Waals surface area contributed by atoms with Crippen molar-refractivity contribution in [3.05, 3.63) is 63.8 Å². The molecule has 0 bridgehead atoms. The highest BCUT2D eigenvalue weighted by atomic mass is 16.5. The van der Waals surface area contributed by atoms with Gasteiger partial charge in [-0.25, -0.2) is 0 Å². The lowest BCUT2D eigenvalue weighted by Crippen LogP contribution is -2.59. The topological polar surface area (TPSA) is 174 Å². The van der Waals surface area contributed by atoms with Gasteiger partial charge in [-0.1, -0.05) is 62.8 Å². The number of carbonyl (C=O) groups is 2. The summed E-state index contributed by atoms with van der Waals surface area (Å²) < 4.78 is 6.00. The van der Waals surface area contributed by atoms with E-state index in [1.807, 2.05) is 52.0 Å². The van der Waals surface area contributed by atoms with Gasteiger partial charge in [0.05, 0.1) is 30.3 Å². The molecule has 7 atom stereocenters. The Morgan fingerprint density at radius 1 is 1.10 bits per heavy atom. The average Bonchev–Trinajstić information content (AvgIpc) is 3.02. The van der Waals surface area contributed by atoms with Crippen LogP contribution in [0, 0.1) is 24.2 Å². The summed E-state index contributed by atoms with van der Waals surface area (Å²) in [5.74, 6) is -0.609. The zero-order valence-electron chi connectivity index (χ0n) is 31.1. The van der Waals surface area contributed by atoms with Crippen molar-refractivity contribution >= 4 is 17.9 Å². The van der Waals surface area contributed by atoms with Crippen LogP contribution in [-0.4, -0.2) is 87.0 Å². The van der Waals surface area contributed by atoms with Crippen LogP contribution >= 0.6 is 0 Å². The van der Waals surface area contributed by atoms with Gasteiger partial charge < -0.3 is 41.5 Å². The quantitative estimate of drug-likeness (QED) is 0.166. The first-order valence-corrected chi connectivity index (χ1v) is 17.5. The van der Waals surface area contributed by atoms with Crippen molar-refractivity contribution in [2.24, 2.45) is 23.0 Å². The number of hydrogen-bond donors (Lipinski definition) is 7. The van der Waals surface area contributed by atoms with Crippen molar-refractivity contribution in [1.82, 2.24) is 10.6 Å². The Kier molecular flexibility index (Phi) is 13.2. The first kappa shape index (κ1) is 40.6. The predicted molar refractivity (Wildman–Crippen MR) is 193 cm³/mol. The minimum atomic E-state index is -1.21. The normalized spacial score (nSPS) is 26.1. The number of rotatable bonds is 13. The van der Waals surface area contributed by atoms with E-state index in [-0.39, 0.29) is 43.2 Å². The van der Waals surface area contributed by atoms with Crippen LogP contribution in [0.15, 0.2) is 47.1 Å². The van der Waals surface area contributed by atoms with Crippen LogP contribution < -0.4 is 16.4 Å². The molecule has 2 amide bonds. The van der Waals surface area contributed by atoms with Crippen molar-refractivity contribution in [3.63, 3.8) is 0 Å². The van der Waals surface area contributed by atoms with Gasteiger partial charge in [-0.05, 0) is 95.1 Å². The summed E-state index contributed by atoms with van der Waals surface area (Å²) in [7, 11) is 0. The fourth-order valence-corrected chi connectivity index (χ4v) is 6.49. The summed E-state index contributed by atoms with van der Waals surface area (Å²) in [4.78, 5) is 26.0. The van der Waals surface area contributed by atoms with E-state index in [0.29, 0.717) is 12.0 Å². The number of ether oxygens (including phenoxy) is 1. The molecule has 2 aliphatic rings. The molecule has 7 unspecified atom stereocenters. The second-order valence-corrected chi connectivity index (χ2v) is 16.0. The van der Waals surface area contributed by atoms with Gasteiger partial charge in [0.25, 0.3) is 0 Å². The van der Waals surface area contributed by atoms with Crippen LogP contribution in [0.5, 0.6) is 0 Å². The number of hydrogen-bond acceptors (Lipinski definition) is 8. The maximum absolute atomic E-state index is 13.3. The second-order valence-electron chi connectivity index (χ2n) is 16.0. The Labute approximate surface area is 292 Å². The van der Waals surface area contributed by atoms with E-state index in [4.69, 9.17) is 10.5 Å². The summed E-state index contributed by atoms with van der Waals surface area (Å²) in [5, 5.41) is 48.2. The van der Waals surface area contributed by atoms with Crippen LogP contribution in [0.2, 0.25) is 0 Å². The number of nitrogens with two attached hydrogens (primary N) is 1. The highest BCUT2D eigenvalue weighted by Crippen LogP contribution is 2.41. The molecule has 1 fully saturated rings. The van der Waals surface area contributed by atoms with Gasteiger partial charge in [-0.2, -0.15) is 0 Å². The zero-order valence-corrected chi connectivity index (χ0v) is 31.1. The van der Waals surface area contributed by atoms with Crippen molar-refractivity contribution in [2.45, 2.75) is 130 Å². The number of aliphatic hydroxyl groups excluding tert-OH is 4. The first-order valence-electron chi connectivity index (χ1n) is 17.5. The summed E-state index contributed by atoms with van der Waals surface area (Å²) in [6, 6.07) is 6.14. The van der Waals surface area contributed by atoms with E-state index in [0.717, 1.165) is 34.3 Å². The molecule has 10 heteroatoms. The van der Waals surface area contributed by atoms with Crippen molar-refractivity contribution in [3.8, 4) is 0 Å². The van der Waals surface area contributed by atoms with Crippen molar-refractivity contribution < 1.29 is 34.8 Å². The van der Waals surface area contributed by atoms with Crippen LogP contribution in [0.4, 0.5) is 0 Å². The summed E-state index contributed by atoms with van der Waals surface area (Å²) in [6.45, 7) is 18.9. The van der Waals surface area contributed by atoms with Gasteiger partial charge in [0.1, 0.15) is 17.7 Å². The van der Waals surface area contributed by atoms with Crippen molar-refractivity contribution in [2.75, 3.05) is 13.2 Å². The fourth-order valence-electron chi connectivity index (χ4n) is 6.49. The molecule has 0 radical (unpaired) electrons. The summed E-state index contributed by atoms with van der Waals surface area (Å²) >= 11 is 0. The third-order valence-corrected chi connectivity index (χ3v) is 9.96. The smallest absolute Gasteiger partial charge is 0.245 e. The Morgan fingerprint density at radius 3 is 2.33 bits per heavy atom.